The van der Waals surface area contributed by atoms with Crippen LogP contribution in [0.15, 0.2) is 24.3 Å². The lowest BCUT2D eigenvalue weighted by molar-refractivity contribution is -0.143. The molecule has 1 aromatic rings. The highest BCUT2D eigenvalue weighted by Gasteiger charge is 2.43. The average Bonchev–Trinajstić information content (AvgIpc) is 3.05. The number of carboxylic acid groups (broad SMARTS) is 1. The summed E-state index contributed by atoms with van der Waals surface area (Å²) in [5.74, 6) is 0.793. The zero-order valence-electron chi connectivity index (χ0n) is 15.5. The standard InChI is InChI=1S/C22H32O2/c1-21(2,3)18-11-9-16(10-12-18)17-7-6-8-19(15-17)22(20(23)24)13-4-5-14-22/h6-8,15-16,18H,4-5,9-14H2,1-3H3,(H,23,24). The first-order valence-electron chi connectivity index (χ1n) is 9.67. The summed E-state index contributed by atoms with van der Waals surface area (Å²) < 4.78 is 0. The lowest BCUT2D eigenvalue weighted by Crippen LogP contribution is -2.32. The molecule has 0 atom stereocenters. The van der Waals surface area contributed by atoms with Crippen LogP contribution in [0.4, 0.5) is 0 Å². The van der Waals surface area contributed by atoms with E-state index in [1.165, 1.54) is 31.2 Å². The fourth-order valence-electron chi connectivity index (χ4n) is 4.99. The maximum absolute atomic E-state index is 12.0. The van der Waals surface area contributed by atoms with Crippen LogP contribution in [0.2, 0.25) is 0 Å². The van der Waals surface area contributed by atoms with Gasteiger partial charge in [-0.2, -0.15) is 0 Å². The topological polar surface area (TPSA) is 37.3 Å². The van der Waals surface area contributed by atoms with Crippen molar-refractivity contribution in [1.29, 1.82) is 0 Å². The van der Waals surface area contributed by atoms with Crippen molar-refractivity contribution in [2.45, 2.75) is 83.5 Å². The first kappa shape index (κ1) is 17.5. The Bertz CT molecular complexity index is 582. The second kappa shape index (κ2) is 6.54. The molecule has 0 spiro atoms. The lowest BCUT2D eigenvalue weighted by Gasteiger charge is -2.37. The first-order chi connectivity index (χ1) is 11.3. The molecule has 0 amide bonds. The van der Waals surface area contributed by atoms with Crippen LogP contribution in [-0.2, 0) is 10.2 Å². The molecule has 132 valence electrons. The summed E-state index contributed by atoms with van der Waals surface area (Å²) in [5, 5.41) is 9.84. The van der Waals surface area contributed by atoms with Crippen LogP contribution >= 0.6 is 0 Å². The molecule has 2 aliphatic carbocycles. The third-order valence-corrected chi connectivity index (χ3v) is 6.73. The molecule has 2 nitrogen and oxygen atoms in total. The first-order valence-corrected chi connectivity index (χ1v) is 9.67. The third-order valence-electron chi connectivity index (χ3n) is 6.73. The van der Waals surface area contributed by atoms with E-state index in [1.807, 2.05) is 6.07 Å². The van der Waals surface area contributed by atoms with Gasteiger partial charge in [-0.25, -0.2) is 0 Å². The molecule has 24 heavy (non-hydrogen) atoms. The normalized spacial score (nSPS) is 27.1. The predicted octanol–water partition coefficient (Wildman–Crippen LogP) is 5.90. The summed E-state index contributed by atoms with van der Waals surface area (Å²) in [6.45, 7) is 7.07. The second-order valence-corrected chi connectivity index (χ2v) is 9.13. The van der Waals surface area contributed by atoms with E-state index >= 15 is 0 Å². The average molecular weight is 328 g/mol. The van der Waals surface area contributed by atoms with Gasteiger partial charge in [0.25, 0.3) is 0 Å². The van der Waals surface area contributed by atoms with Crippen molar-refractivity contribution in [2.24, 2.45) is 11.3 Å². The Balaban J connectivity index is 1.78. The van der Waals surface area contributed by atoms with E-state index in [0.29, 0.717) is 11.3 Å². The van der Waals surface area contributed by atoms with Crippen molar-refractivity contribution in [1.82, 2.24) is 0 Å². The molecule has 0 radical (unpaired) electrons. The van der Waals surface area contributed by atoms with Crippen LogP contribution in [-0.4, -0.2) is 11.1 Å². The quantitative estimate of drug-likeness (QED) is 0.749. The van der Waals surface area contributed by atoms with Gasteiger partial charge in [0.15, 0.2) is 0 Å². The fraction of sp³-hybridized carbons (Fsp3) is 0.682. The number of hydrogen-bond donors (Lipinski definition) is 1. The van der Waals surface area contributed by atoms with Crippen molar-refractivity contribution in [2.75, 3.05) is 0 Å². The van der Waals surface area contributed by atoms with Crippen molar-refractivity contribution >= 4 is 5.97 Å². The molecule has 1 aromatic carbocycles. The molecular weight excluding hydrogens is 296 g/mol. The summed E-state index contributed by atoms with van der Waals surface area (Å²) in [4.78, 5) is 12.0. The van der Waals surface area contributed by atoms with Crippen molar-refractivity contribution in [3.63, 3.8) is 0 Å². The van der Waals surface area contributed by atoms with Gasteiger partial charge in [-0.1, -0.05) is 57.9 Å². The van der Waals surface area contributed by atoms with E-state index in [0.717, 1.165) is 37.2 Å². The molecule has 0 aliphatic heterocycles. The summed E-state index contributed by atoms with van der Waals surface area (Å²) >= 11 is 0. The highest BCUT2D eigenvalue weighted by molar-refractivity contribution is 5.81. The van der Waals surface area contributed by atoms with E-state index in [1.54, 1.807) is 0 Å². The highest BCUT2D eigenvalue weighted by atomic mass is 16.4. The minimum absolute atomic E-state index is 0.407. The zero-order chi connectivity index (χ0) is 17.4. The molecule has 0 heterocycles. The largest absolute Gasteiger partial charge is 0.481 e. The molecule has 0 bridgehead atoms. The van der Waals surface area contributed by atoms with Gasteiger partial charge in [-0.3, -0.25) is 4.79 Å². The van der Waals surface area contributed by atoms with Gasteiger partial charge in [0.05, 0.1) is 5.41 Å². The number of rotatable bonds is 3. The van der Waals surface area contributed by atoms with Gasteiger partial charge >= 0.3 is 5.97 Å². The molecule has 2 aliphatic rings. The summed E-state index contributed by atoms with van der Waals surface area (Å²) in [7, 11) is 0. The van der Waals surface area contributed by atoms with Crippen molar-refractivity contribution in [3.05, 3.63) is 35.4 Å². The maximum Gasteiger partial charge on any atom is 0.314 e. The van der Waals surface area contributed by atoms with E-state index in [2.05, 4.69) is 39.0 Å². The third kappa shape index (κ3) is 3.25. The van der Waals surface area contributed by atoms with Crippen LogP contribution in [0.5, 0.6) is 0 Å². The number of benzene rings is 1. The number of carbonyl (C=O) groups is 1. The second-order valence-electron chi connectivity index (χ2n) is 9.13. The molecular formula is C22H32O2. The Hall–Kier alpha value is -1.31. The Morgan fingerprint density at radius 2 is 1.71 bits per heavy atom. The molecule has 2 fully saturated rings. The fourth-order valence-corrected chi connectivity index (χ4v) is 4.99. The Morgan fingerprint density at radius 1 is 1.08 bits per heavy atom. The monoisotopic (exact) mass is 328 g/mol. The van der Waals surface area contributed by atoms with Crippen molar-refractivity contribution in [3.8, 4) is 0 Å². The van der Waals surface area contributed by atoms with Gasteiger partial charge in [-0.15, -0.1) is 0 Å². The zero-order valence-corrected chi connectivity index (χ0v) is 15.5. The summed E-state index contributed by atoms with van der Waals surface area (Å²) in [6.07, 6.45) is 8.73. The molecule has 2 saturated carbocycles. The maximum atomic E-state index is 12.0. The molecule has 0 aromatic heterocycles. The van der Waals surface area contributed by atoms with Gasteiger partial charge in [-0.05, 0) is 66.9 Å². The molecule has 0 saturated heterocycles. The van der Waals surface area contributed by atoms with E-state index < -0.39 is 11.4 Å². The van der Waals surface area contributed by atoms with E-state index in [9.17, 15) is 9.90 Å². The molecule has 3 rings (SSSR count). The Morgan fingerprint density at radius 3 is 2.25 bits per heavy atom. The highest BCUT2D eigenvalue weighted by Crippen LogP contribution is 2.45. The van der Waals surface area contributed by atoms with Crippen LogP contribution < -0.4 is 0 Å². The molecule has 0 unspecified atom stereocenters. The van der Waals surface area contributed by atoms with E-state index in [4.69, 9.17) is 0 Å². The van der Waals surface area contributed by atoms with Gasteiger partial charge in [0.1, 0.15) is 0 Å². The van der Waals surface area contributed by atoms with Gasteiger partial charge in [0, 0.05) is 0 Å². The van der Waals surface area contributed by atoms with Gasteiger partial charge in [0.2, 0.25) is 0 Å². The van der Waals surface area contributed by atoms with Crippen LogP contribution in [0.25, 0.3) is 0 Å². The van der Waals surface area contributed by atoms with Crippen molar-refractivity contribution < 1.29 is 9.90 Å². The number of carboxylic acids is 1. The number of aliphatic carboxylic acids is 1. The Kier molecular flexibility index (Phi) is 4.77. The Labute approximate surface area is 146 Å². The van der Waals surface area contributed by atoms with Crippen LogP contribution in [0.1, 0.15) is 89.2 Å². The molecule has 2 heteroatoms. The molecule has 1 N–H and O–H groups in total. The van der Waals surface area contributed by atoms with Gasteiger partial charge < -0.3 is 5.11 Å². The smallest absolute Gasteiger partial charge is 0.314 e. The van der Waals surface area contributed by atoms with Crippen LogP contribution in [0, 0.1) is 11.3 Å². The van der Waals surface area contributed by atoms with Crippen LogP contribution in [0.3, 0.4) is 0 Å². The predicted molar refractivity (Wildman–Crippen MR) is 98.4 cm³/mol. The number of hydrogen-bond acceptors (Lipinski definition) is 1. The van der Waals surface area contributed by atoms with E-state index in [-0.39, 0.29) is 0 Å². The minimum Gasteiger partial charge on any atom is -0.481 e. The lowest BCUT2D eigenvalue weighted by atomic mass is 9.68. The SMILES string of the molecule is CC(C)(C)C1CCC(c2cccc(C3(C(=O)O)CCCC3)c2)CC1. The summed E-state index contributed by atoms with van der Waals surface area (Å²) in [6, 6.07) is 8.57. The minimum atomic E-state index is -0.631. The summed E-state index contributed by atoms with van der Waals surface area (Å²) in [5.41, 5.74) is 2.19.